The second-order valence-corrected chi connectivity index (χ2v) is 4.39. The minimum Gasteiger partial charge on any atom is -0.647 e. The fourth-order valence-electron chi connectivity index (χ4n) is 1.32. The molecule has 0 saturated heterocycles. The predicted molar refractivity (Wildman–Crippen MR) is 61.1 cm³/mol. The van der Waals surface area contributed by atoms with E-state index in [-0.39, 0.29) is 0 Å². The summed E-state index contributed by atoms with van der Waals surface area (Å²) in [6.45, 7) is 1.95. The molecule has 0 atom stereocenters. The molecule has 79 valence electrons. The molecule has 7 heteroatoms. The molecule has 0 N–H and O–H groups in total. The van der Waals surface area contributed by atoms with Crippen molar-refractivity contribution in [3.05, 3.63) is 22.8 Å². The van der Waals surface area contributed by atoms with Gasteiger partial charge in [-0.15, -0.1) is 0 Å². The van der Waals surface area contributed by atoms with Gasteiger partial charge in [0.25, 0.3) is 0 Å². The maximum absolute atomic E-state index is 8.57. The minimum absolute atomic E-state index is 0.306. The molecule has 2 heterocycles. The van der Waals surface area contributed by atoms with Gasteiger partial charge < -0.3 is 3.79 Å². The molecule has 0 aliphatic carbocycles. The third-order valence-corrected chi connectivity index (χ3v) is 3.07. The Hall–Kier alpha value is -1.34. The zero-order chi connectivity index (χ0) is 11.5. The van der Waals surface area contributed by atoms with Crippen LogP contribution in [0.25, 0.3) is 5.82 Å². The van der Waals surface area contributed by atoms with Gasteiger partial charge in [0, 0.05) is 6.20 Å². The summed E-state index contributed by atoms with van der Waals surface area (Å²) in [5, 5.41) is 12.8. The Morgan fingerprint density at radius 1 is 1.69 bits per heavy atom. The number of nitrogens with zero attached hydrogens (tertiary/aromatic N) is 4. The summed E-state index contributed by atoms with van der Waals surface area (Å²) in [6, 6.07) is 3.86. The van der Waals surface area contributed by atoms with Gasteiger partial charge in [0.05, 0.1) is 23.1 Å². The summed E-state index contributed by atoms with van der Waals surface area (Å²) in [6.07, 6.45) is 2.09. The molecule has 2 aromatic rings. The van der Waals surface area contributed by atoms with Crippen molar-refractivity contribution in [3.63, 3.8) is 0 Å². The molecule has 0 bridgehead atoms. The quantitative estimate of drug-likeness (QED) is 0.756. The van der Waals surface area contributed by atoms with Crippen LogP contribution in [0.5, 0.6) is 5.75 Å². The largest absolute Gasteiger partial charge is 0.647 e. The Morgan fingerprint density at radius 3 is 3.19 bits per heavy atom. The van der Waals surface area contributed by atoms with Crippen LogP contribution in [0.1, 0.15) is 10.6 Å². The first kappa shape index (κ1) is 11.2. The predicted octanol–water partition coefficient (Wildman–Crippen LogP) is 0.898. The van der Waals surface area contributed by atoms with Gasteiger partial charge in [-0.1, -0.05) is 0 Å². The van der Waals surface area contributed by atoms with Gasteiger partial charge in [-0.2, -0.15) is 14.7 Å². The molecule has 0 spiro atoms. The van der Waals surface area contributed by atoms with Crippen LogP contribution in [-0.4, -0.2) is 30.8 Å². The summed E-state index contributed by atoms with van der Waals surface area (Å²) >= 11 is 2.79. The van der Waals surface area contributed by atoms with E-state index in [1.165, 1.54) is 28.2 Å². The molecule has 0 aliphatic heterocycles. The fourth-order valence-corrected chi connectivity index (χ4v) is 2.39. The van der Waals surface area contributed by atoms with Crippen LogP contribution >= 0.6 is 11.5 Å². The molecule has 5 nitrogen and oxygen atoms in total. The Kier molecular flexibility index (Phi) is 3.26. The van der Waals surface area contributed by atoms with E-state index < -0.39 is 0 Å². The fraction of sp³-hybridized carbons (Fsp3) is 0.222. The molecule has 0 unspecified atom stereocenters. The highest BCUT2D eigenvalue weighted by molar-refractivity contribution is 7.06. The van der Waals surface area contributed by atoms with Gasteiger partial charge in [0.1, 0.15) is 5.75 Å². The summed E-state index contributed by atoms with van der Waals surface area (Å²) < 4.78 is 11.2. The molecule has 0 saturated carbocycles. The topological polar surface area (TPSA) is 63.7 Å². The Balaban J connectivity index is 2.39. The monoisotopic (exact) mass is 247 g/mol. The van der Waals surface area contributed by atoms with Crippen molar-refractivity contribution in [1.82, 2.24) is 14.2 Å². The number of aromatic nitrogens is 3. The lowest BCUT2D eigenvalue weighted by Gasteiger charge is -2.03. The highest BCUT2D eigenvalue weighted by Crippen LogP contribution is 2.28. The smallest absolute Gasteiger partial charge is 0.494 e. The second kappa shape index (κ2) is 4.67. The zero-order valence-electron chi connectivity index (χ0n) is 8.67. The first-order chi connectivity index (χ1) is 7.76. The van der Waals surface area contributed by atoms with E-state index in [4.69, 9.17) is 9.05 Å². The van der Waals surface area contributed by atoms with Crippen LogP contribution < -0.4 is 3.79 Å². The van der Waals surface area contributed by atoms with E-state index in [9.17, 15) is 0 Å². The van der Waals surface area contributed by atoms with Crippen LogP contribution in [0.3, 0.4) is 0 Å². The normalized spacial score (nSPS) is 10.0. The molecule has 16 heavy (non-hydrogen) atoms. The Labute approximate surface area is 105 Å². The third kappa shape index (κ3) is 1.96. The van der Waals surface area contributed by atoms with Gasteiger partial charge in [-0.05, 0) is 24.5 Å². The van der Waals surface area contributed by atoms with Gasteiger partial charge in [0.2, 0.25) is 5.82 Å². The summed E-state index contributed by atoms with van der Waals surface area (Å²) in [5.41, 5.74) is 0.734. The van der Waals surface area contributed by atoms with Crippen molar-refractivity contribution in [3.8, 4) is 17.6 Å². The number of aryl methyl sites for hydroxylation is 1. The molecular weight excluding hydrogens is 239 g/mol. The number of rotatable bonds is 3. The standard InChI is InChI=1S/C9H8N4OS.Al.H/c1-6-8(14)9(12-15-6)13-5-3-7(11-13)2-4-10;;/h3,5,14H,2H2,1H3;;/q;+1;/p-1. The molecular formula is C9H8AlN4OS. The van der Waals surface area contributed by atoms with Crippen LogP contribution in [0, 0.1) is 18.3 Å². The highest BCUT2D eigenvalue weighted by Gasteiger charge is 2.12. The molecule has 0 amide bonds. The van der Waals surface area contributed by atoms with Crippen LogP contribution in [0.4, 0.5) is 0 Å². The first-order valence-corrected chi connectivity index (χ1v) is 5.91. The van der Waals surface area contributed by atoms with Crippen molar-refractivity contribution < 1.29 is 3.79 Å². The maximum atomic E-state index is 8.57. The Bertz CT molecular complexity index is 542. The second-order valence-electron chi connectivity index (χ2n) is 3.12. The molecule has 2 rings (SSSR count). The van der Waals surface area contributed by atoms with E-state index in [1.807, 2.05) is 6.92 Å². The summed E-state index contributed by atoms with van der Waals surface area (Å²) in [5.74, 6) is 1.43. The molecule has 0 aliphatic rings. The van der Waals surface area contributed by atoms with Crippen molar-refractivity contribution in [2.24, 2.45) is 0 Å². The SMILES string of the molecule is Cc1snc(-n2ccc(CC#N)n2)c1[O][AlH]. The van der Waals surface area contributed by atoms with Crippen molar-refractivity contribution in [1.29, 1.82) is 5.26 Å². The number of hydrogen-bond acceptors (Lipinski definition) is 5. The molecule has 1 radical (unpaired) electrons. The van der Waals surface area contributed by atoms with E-state index in [1.54, 1.807) is 16.9 Å². The molecule has 0 aromatic carbocycles. The average molecular weight is 247 g/mol. The maximum Gasteiger partial charge on any atom is 0.494 e. The van der Waals surface area contributed by atoms with Gasteiger partial charge in [-0.25, -0.2) is 4.68 Å². The molecule has 2 aromatic heterocycles. The van der Waals surface area contributed by atoms with E-state index in [0.717, 1.165) is 16.3 Å². The Morgan fingerprint density at radius 2 is 2.50 bits per heavy atom. The van der Waals surface area contributed by atoms with Crippen LogP contribution in [0.2, 0.25) is 0 Å². The van der Waals surface area contributed by atoms with Crippen molar-refractivity contribution in [2.75, 3.05) is 0 Å². The third-order valence-electron chi connectivity index (χ3n) is 2.06. The number of hydrogen-bond donors (Lipinski definition) is 0. The zero-order valence-corrected chi connectivity index (χ0v) is 10.9. The lowest BCUT2D eigenvalue weighted by molar-refractivity contribution is 0.601. The van der Waals surface area contributed by atoms with Gasteiger partial charge in [-0.3, -0.25) is 0 Å². The minimum atomic E-state index is 0.306. The van der Waals surface area contributed by atoms with Crippen LogP contribution in [-0.2, 0) is 6.42 Å². The van der Waals surface area contributed by atoms with E-state index in [0.29, 0.717) is 12.2 Å². The average Bonchev–Trinajstić information content (AvgIpc) is 2.85. The first-order valence-electron chi connectivity index (χ1n) is 4.56. The van der Waals surface area contributed by atoms with Gasteiger partial charge in [0.15, 0.2) is 0 Å². The van der Waals surface area contributed by atoms with Crippen molar-refractivity contribution >= 4 is 28.2 Å². The van der Waals surface area contributed by atoms with Gasteiger partial charge >= 0.3 is 16.6 Å². The van der Waals surface area contributed by atoms with Crippen LogP contribution in [0.15, 0.2) is 12.3 Å². The summed E-state index contributed by atoms with van der Waals surface area (Å²) in [4.78, 5) is 1.02. The number of nitriles is 1. The van der Waals surface area contributed by atoms with E-state index >= 15 is 0 Å². The lowest BCUT2D eigenvalue weighted by Crippen LogP contribution is -1.99. The van der Waals surface area contributed by atoms with Crippen molar-refractivity contribution in [2.45, 2.75) is 13.3 Å². The van der Waals surface area contributed by atoms with E-state index in [2.05, 4.69) is 15.5 Å². The lowest BCUT2D eigenvalue weighted by atomic mass is 10.3. The summed E-state index contributed by atoms with van der Waals surface area (Å²) in [7, 11) is 0. The molecule has 0 fully saturated rings. The highest BCUT2D eigenvalue weighted by atomic mass is 32.1.